The van der Waals surface area contributed by atoms with Crippen LogP contribution in [0, 0.1) is 0 Å². The summed E-state index contributed by atoms with van der Waals surface area (Å²) >= 11 is 0. The van der Waals surface area contributed by atoms with Crippen LogP contribution in [-0.2, 0) is 4.79 Å². The van der Waals surface area contributed by atoms with E-state index < -0.39 is 0 Å². The van der Waals surface area contributed by atoms with Crippen molar-refractivity contribution in [3.63, 3.8) is 0 Å². The van der Waals surface area contributed by atoms with Crippen LogP contribution in [0.3, 0.4) is 0 Å². The molecule has 4 nitrogen and oxygen atoms in total. The average Bonchev–Trinajstić information content (AvgIpc) is 2.27. The van der Waals surface area contributed by atoms with Crippen molar-refractivity contribution in [2.45, 2.75) is 0 Å². The second-order valence-corrected chi connectivity index (χ2v) is 2.75. The molecule has 0 unspecified atom stereocenters. The molecule has 0 aliphatic heterocycles. The summed E-state index contributed by atoms with van der Waals surface area (Å²) in [5.74, 6) is 1.31. The highest BCUT2D eigenvalue weighted by Crippen LogP contribution is 2.30. The first-order valence-corrected chi connectivity index (χ1v) is 4.13. The molecule has 0 fully saturated rings. The Hall–Kier alpha value is -1.71. The largest absolute Gasteiger partial charge is 0.497 e. The van der Waals surface area contributed by atoms with E-state index in [1.54, 1.807) is 39.5 Å². The Morgan fingerprint density at radius 1 is 1.29 bits per heavy atom. The van der Waals surface area contributed by atoms with Crippen LogP contribution in [0.4, 0.5) is 5.69 Å². The van der Waals surface area contributed by atoms with Crippen molar-refractivity contribution in [2.75, 3.05) is 26.2 Å². The quantitative estimate of drug-likeness (QED) is 0.680. The number of nitrogens with zero attached hydrogens (tertiary/aromatic N) is 1. The normalized spacial score (nSPS) is 9.36. The first kappa shape index (κ1) is 10.4. The Balaban J connectivity index is 3.10. The fraction of sp³-hybridized carbons (Fsp3) is 0.300. The van der Waals surface area contributed by atoms with E-state index in [0.717, 1.165) is 6.41 Å². The van der Waals surface area contributed by atoms with Gasteiger partial charge in [0.1, 0.15) is 11.5 Å². The van der Waals surface area contributed by atoms with Gasteiger partial charge in [-0.3, -0.25) is 4.79 Å². The molecule has 1 amide bonds. The topological polar surface area (TPSA) is 38.8 Å². The molecule has 0 saturated heterocycles. The van der Waals surface area contributed by atoms with Crippen LogP contribution in [0.5, 0.6) is 11.5 Å². The van der Waals surface area contributed by atoms with Crippen LogP contribution in [0.25, 0.3) is 0 Å². The van der Waals surface area contributed by atoms with Gasteiger partial charge in [-0.2, -0.15) is 0 Å². The lowest BCUT2D eigenvalue weighted by atomic mass is 10.2. The van der Waals surface area contributed by atoms with E-state index in [9.17, 15) is 4.79 Å². The summed E-state index contributed by atoms with van der Waals surface area (Å²) in [6.45, 7) is 0. The fourth-order valence-corrected chi connectivity index (χ4v) is 1.13. The highest BCUT2D eigenvalue weighted by atomic mass is 16.5. The van der Waals surface area contributed by atoms with Gasteiger partial charge in [-0.1, -0.05) is 0 Å². The SMILES string of the molecule is COc1ccc(N(C)C=O)c(OC)c1. The summed E-state index contributed by atoms with van der Waals surface area (Å²) in [4.78, 5) is 12.0. The molecule has 0 aromatic heterocycles. The van der Waals surface area contributed by atoms with Crippen LogP contribution in [0.15, 0.2) is 18.2 Å². The minimum Gasteiger partial charge on any atom is -0.497 e. The van der Waals surface area contributed by atoms with Crippen molar-refractivity contribution >= 4 is 12.1 Å². The van der Waals surface area contributed by atoms with Crippen LogP contribution in [0.2, 0.25) is 0 Å². The molecule has 0 spiro atoms. The predicted octanol–water partition coefficient (Wildman–Crippen LogP) is 1.30. The van der Waals surface area contributed by atoms with Crippen molar-refractivity contribution in [3.05, 3.63) is 18.2 Å². The molecule has 0 radical (unpaired) electrons. The molecule has 1 aromatic rings. The van der Waals surface area contributed by atoms with Gasteiger partial charge in [-0.05, 0) is 12.1 Å². The third-order valence-electron chi connectivity index (χ3n) is 1.92. The van der Waals surface area contributed by atoms with Crippen LogP contribution in [-0.4, -0.2) is 27.7 Å². The zero-order valence-electron chi connectivity index (χ0n) is 8.48. The first-order valence-electron chi connectivity index (χ1n) is 4.13. The number of methoxy groups -OCH3 is 2. The highest BCUT2D eigenvalue weighted by molar-refractivity contribution is 5.78. The number of rotatable bonds is 4. The molecule has 0 bridgehead atoms. The standard InChI is InChI=1S/C10H13NO3/c1-11(7-12)9-5-4-8(13-2)6-10(9)14-3/h4-7H,1-3H3. The second-order valence-electron chi connectivity index (χ2n) is 2.75. The van der Waals surface area contributed by atoms with E-state index in [2.05, 4.69) is 0 Å². The summed E-state index contributed by atoms with van der Waals surface area (Å²) in [6.07, 6.45) is 0.727. The molecule has 4 heteroatoms. The van der Waals surface area contributed by atoms with Gasteiger partial charge < -0.3 is 14.4 Å². The molecule has 1 rings (SSSR count). The Morgan fingerprint density at radius 2 is 2.00 bits per heavy atom. The van der Waals surface area contributed by atoms with Gasteiger partial charge in [-0.15, -0.1) is 0 Å². The van der Waals surface area contributed by atoms with Gasteiger partial charge in [0.2, 0.25) is 6.41 Å². The lowest BCUT2D eigenvalue weighted by molar-refractivity contribution is -0.107. The van der Waals surface area contributed by atoms with Crippen LogP contribution < -0.4 is 14.4 Å². The molecular weight excluding hydrogens is 182 g/mol. The van der Waals surface area contributed by atoms with E-state index in [-0.39, 0.29) is 0 Å². The zero-order chi connectivity index (χ0) is 10.6. The van der Waals surface area contributed by atoms with Crippen LogP contribution >= 0.6 is 0 Å². The maximum absolute atomic E-state index is 10.6. The Bertz CT molecular complexity index is 325. The van der Waals surface area contributed by atoms with E-state index in [0.29, 0.717) is 17.2 Å². The third kappa shape index (κ3) is 1.96. The lowest BCUT2D eigenvalue weighted by Crippen LogP contribution is -2.14. The average molecular weight is 195 g/mol. The monoisotopic (exact) mass is 195 g/mol. The number of amides is 1. The Labute approximate surface area is 83.0 Å². The van der Waals surface area contributed by atoms with Gasteiger partial charge in [-0.25, -0.2) is 0 Å². The summed E-state index contributed by atoms with van der Waals surface area (Å²) < 4.78 is 10.2. The fourth-order valence-electron chi connectivity index (χ4n) is 1.13. The smallest absolute Gasteiger partial charge is 0.213 e. The molecule has 76 valence electrons. The summed E-state index contributed by atoms with van der Waals surface area (Å²) in [5.41, 5.74) is 0.711. The zero-order valence-corrected chi connectivity index (χ0v) is 8.48. The van der Waals surface area contributed by atoms with E-state index in [1.807, 2.05) is 0 Å². The van der Waals surface area contributed by atoms with E-state index in [4.69, 9.17) is 9.47 Å². The molecule has 0 aliphatic rings. The van der Waals surface area contributed by atoms with Crippen LogP contribution in [0.1, 0.15) is 0 Å². The maximum Gasteiger partial charge on any atom is 0.213 e. The lowest BCUT2D eigenvalue weighted by Gasteiger charge is -2.15. The number of carbonyl (C=O) groups excluding carboxylic acids is 1. The van der Waals surface area contributed by atoms with Crippen molar-refractivity contribution in [3.8, 4) is 11.5 Å². The van der Waals surface area contributed by atoms with Crippen molar-refractivity contribution in [1.29, 1.82) is 0 Å². The number of anilines is 1. The Morgan fingerprint density at radius 3 is 2.50 bits per heavy atom. The van der Waals surface area contributed by atoms with Gasteiger partial charge in [0.05, 0.1) is 19.9 Å². The summed E-state index contributed by atoms with van der Waals surface area (Å²) in [5, 5.41) is 0. The second kappa shape index (κ2) is 4.50. The maximum atomic E-state index is 10.6. The molecular formula is C10H13NO3. The van der Waals surface area contributed by atoms with E-state index >= 15 is 0 Å². The molecule has 0 saturated carbocycles. The molecule has 0 heterocycles. The molecule has 0 atom stereocenters. The molecule has 0 aliphatic carbocycles. The molecule has 0 N–H and O–H groups in total. The van der Waals surface area contributed by atoms with Gasteiger partial charge >= 0.3 is 0 Å². The van der Waals surface area contributed by atoms with Crippen molar-refractivity contribution < 1.29 is 14.3 Å². The van der Waals surface area contributed by atoms with Crippen molar-refractivity contribution in [2.24, 2.45) is 0 Å². The van der Waals surface area contributed by atoms with Crippen molar-refractivity contribution in [1.82, 2.24) is 0 Å². The number of carbonyl (C=O) groups is 1. The number of hydrogen-bond donors (Lipinski definition) is 0. The minimum absolute atomic E-state index is 0.610. The number of benzene rings is 1. The summed E-state index contributed by atoms with van der Waals surface area (Å²) in [7, 11) is 4.80. The highest BCUT2D eigenvalue weighted by Gasteiger charge is 2.07. The predicted molar refractivity (Wildman–Crippen MR) is 54.0 cm³/mol. The minimum atomic E-state index is 0.610. The first-order chi connectivity index (χ1) is 6.72. The van der Waals surface area contributed by atoms with Gasteiger partial charge in [0.15, 0.2) is 0 Å². The van der Waals surface area contributed by atoms with Gasteiger partial charge in [0, 0.05) is 13.1 Å². The number of ether oxygens (including phenoxy) is 2. The third-order valence-corrected chi connectivity index (χ3v) is 1.92. The van der Waals surface area contributed by atoms with Gasteiger partial charge in [0.25, 0.3) is 0 Å². The number of hydrogen-bond acceptors (Lipinski definition) is 3. The Kier molecular flexibility index (Phi) is 3.34. The van der Waals surface area contributed by atoms with E-state index in [1.165, 1.54) is 4.90 Å². The molecule has 14 heavy (non-hydrogen) atoms. The summed E-state index contributed by atoms with van der Waals surface area (Å²) in [6, 6.07) is 5.28. The molecule has 1 aromatic carbocycles.